The molecule has 0 saturated heterocycles. The van der Waals surface area contributed by atoms with Crippen LogP contribution in [0.5, 0.6) is 0 Å². The lowest BCUT2D eigenvalue weighted by Gasteiger charge is -2.10. The number of carbonyl (C=O) groups excluding carboxylic acids is 1. The standard InChI is InChI=1S/C10H15N3O3S/c1-6(12-8(14)3-2-4-11)9-13-7(5-17-9)10(15)16/h5-6H,2-4,11H2,1H3,(H,12,14)(H,15,16). The summed E-state index contributed by atoms with van der Waals surface area (Å²) in [6.45, 7) is 2.24. The molecule has 1 aromatic rings. The summed E-state index contributed by atoms with van der Waals surface area (Å²) >= 11 is 1.22. The first-order chi connectivity index (χ1) is 8.04. The van der Waals surface area contributed by atoms with Crippen LogP contribution in [-0.2, 0) is 4.79 Å². The Morgan fingerprint density at radius 2 is 2.35 bits per heavy atom. The minimum absolute atomic E-state index is 0.00746. The molecule has 0 aromatic carbocycles. The predicted molar refractivity (Wildman–Crippen MR) is 63.9 cm³/mol. The highest BCUT2D eigenvalue weighted by atomic mass is 32.1. The van der Waals surface area contributed by atoms with Crippen molar-refractivity contribution in [1.29, 1.82) is 0 Å². The van der Waals surface area contributed by atoms with Crippen LogP contribution in [0.4, 0.5) is 0 Å². The average Bonchev–Trinajstić information content (AvgIpc) is 2.75. The van der Waals surface area contributed by atoms with Gasteiger partial charge in [0.25, 0.3) is 0 Å². The Labute approximate surface area is 103 Å². The van der Waals surface area contributed by atoms with Gasteiger partial charge in [-0.15, -0.1) is 11.3 Å². The largest absolute Gasteiger partial charge is 0.476 e. The lowest BCUT2D eigenvalue weighted by atomic mass is 10.2. The molecule has 6 nitrogen and oxygen atoms in total. The van der Waals surface area contributed by atoms with Crippen LogP contribution in [0.1, 0.15) is 41.3 Å². The molecule has 7 heteroatoms. The molecule has 94 valence electrons. The van der Waals surface area contributed by atoms with E-state index in [9.17, 15) is 9.59 Å². The molecule has 1 unspecified atom stereocenters. The van der Waals surface area contributed by atoms with Gasteiger partial charge in [-0.05, 0) is 19.9 Å². The van der Waals surface area contributed by atoms with Gasteiger partial charge in [0, 0.05) is 11.8 Å². The van der Waals surface area contributed by atoms with E-state index in [0.29, 0.717) is 24.4 Å². The third-order valence-corrected chi connectivity index (χ3v) is 3.12. The molecule has 0 spiro atoms. The Kier molecular flexibility index (Phi) is 5.05. The van der Waals surface area contributed by atoms with Crippen molar-refractivity contribution in [1.82, 2.24) is 10.3 Å². The van der Waals surface area contributed by atoms with Gasteiger partial charge >= 0.3 is 5.97 Å². The number of carboxylic acids is 1. The van der Waals surface area contributed by atoms with Crippen molar-refractivity contribution in [3.05, 3.63) is 16.1 Å². The van der Waals surface area contributed by atoms with Crippen LogP contribution in [0, 0.1) is 0 Å². The first kappa shape index (κ1) is 13.6. The number of hydrogen-bond donors (Lipinski definition) is 3. The molecule has 1 amide bonds. The normalized spacial score (nSPS) is 12.1. The van der Waals surface area contributed by atoms with Crippen LogP contribution < -0.4 is 11.1 Å². The summed E-state index contributed by atoms with van der Waals surface area (Å²) < 4.78 is 0. The highest BCUT2D eigenvalue weighted by molar-refractivity contribution is 7.09. The second-order valence-electron chi connectivity index (χ2n) is 3.56. The van der Waals surface area contributed by atoms with Gasteiger partial charge < -0.3 is 16.2 Å². The van der Waals surface area contributed by atoms with Gasteiger partial charge in [0.2, 0.25) is 5.91 Å². The molecular formula is C10H15N3O3S. The molecule has 17 heavy (non-hydrogen) atoms. The number of hydrogen-bond acceptors (Lipinski definition) is 5. The molecule has 0 saturated carbocycles. The molecule has 0 bridgehead atoms. The molecule has 1 rings (SSSR count). The van der Waals surface area contributed by atoms with E-state index in [4.69, 9.17) is 10.8 Å². The van der Waals surface area contributed by atoms with Crippen LogP contribution in [0.3, 0.4) is 0 Å². The Hall–Kier alpha value is -1.47. The van der Waals surface area contributed by atoms with Gasteiger partial charge in [0.15, 0.2) is 5.69 Å². The number of amides is 1. The zero-order chi connectivity index (χ0) is 12.8. The van der Waals surface area contributed by atoms with E-state index in [1.165, 1.54) is 16.7 Å². The quantitative estimate of drug-likeness (QED) is 0.697. The van der Waals surface area contributed by atoms with E-state index in [2.05, 4.69) is 10.3 Å². The SMILES string of the molecule is CC(NC(=O)CCCN)c1nc(C(=O)O)cs1. The summed E-state index contributed by atoms with van der Waals surface area (Å²) in [5.74, 6) is -1.16. The van der Waals surface area contributed by atoms with Crippen LogP contribution >= 0.6 is 11.3 Å². The van der Waals surface area contributed by atoms with Gasteiger partial charge in [-0.2, -0.15) is 0 Å². The zero-order valence-corrected chi connectivity index (χ0v) is 10.3. The third kappa shape index (κ3) is 4.12. The second-order valence-corrected chi connectivity index (χ2v) is 4.45. The molecule has 0 aliphatic heterocycles. The number of aromatic nitrogens is 1. The van der Waals surface area contributed by atoms with E-state index < -0.39 is 5.97 Å². The Morgan fingerprint density at radius 3 is 2.88 bits per heavy atom. The van der Waals surface area contributed by atoms with Gasteiger partial charge in [-0.25, -0.2) is 9.78 Å². The third-order valence-electron chi connectivity index (χ3n) is 2.10. The Bertz CT molecular complexity index is 405. The highest BCUT2D eigenvalue weighted by Crippen LogP contribution is 2.18. The molecule has 0 fully saturated rings. The van der Waals surface area contributed by atoms with Crippen LogP contribution in [0.2, 0.25) is 0 Å². The summed E-state index contributed by atoms with van der Waals surface area (Å²) in [4.78, 5) is 26.0. The number of nitrogens with one attached hydrogen (secondary N) is 1. The molecule has 1 aromatic heterocycles. The molecule has 0 radical (unpaired) electrons. The fourth-order valence-corrected chi connectivity index (χ4v) is 2.02. The molecule has 0 aliphatic carbocycles. The Balaban J connectivity index is 2.54. The summed E-state index contributed by atoms with van der Waals surface area (Å²) in [6, 6.07) is -0.279. The number of carbonyl (C=O) groups is 2. The van der Waals surface area contributed by atoms with Crippen molar-refractivity contribution < 1.29 is 14.7 Å². The fraction of sp³-hybridized carbons (Fsp3) is 0.500. The maximum absolute atomic E-state index is 11.4. The fourth-order valence-electron chi connectivity index (χ4n) is 1.22. The number of rotatable bonds is 6. The first-order valence-corrected chi connectivity index (χ1v) is 6.10. The van der Waals surface area contributed by atoms with E-state index in [1.807, 2.05) is 0 Å². The van der Waals surface area contributed by atoms with Crippen molar-refractivity contribution in [3.8, 4) is 0 Å². The average molecular weight is 257 g/mol. The van der Waals surface area contributed by atoms with E-state index in [0.717, 1.165) is 0 Å². The molecule has 0 aliphatic rings. The molecule has 1 atom stereocenters. The molecular weight excluding hydrogens is 242 g/mol. The molecule has 1 heterocycles. The van der Waals surface area contributed by atoms with E-state index >= 15 is 0 Å². The van der Waals surface area contributed by atoms with Crippen LogP contribution in [0.15, 0.2) is 5.38 Å². The monoisotopic (exact) mass is 257 g/mol. The van der Waals surface area contributed by atoms with Crippen LogP contribution in [0.25, 0.3) is 0 Å². The van der Waals surface area contributed by atoms with Crippen molar-refractivity contribution >= 4 is 23.2 Å². The summed E-state index contributed by atoms with van der Waals surface area (Å²) in [5.41, 5.74) is 5.31. The highest BCUT2D eigenvalue weighted by Gasteiger charge is 2.15. The van der Waals surface area contributed by atoms with Gasteiger partial charge in [-0.1, -0.05) is 0 Å². The number of nitrogens with zero attached hydrogens (tertiary/aromatic N) is 1. The predicted octanol–water partition coefficient (Wildman–Crippen LogP) is 0.757. The van der Waals surface area contributed by atoms with Crippen LogP contribution in [-0.4, -0.2) is 28.5 Å². The number of aromatic carboxylic acids is 1. The number of nitrogens with two attached hydrogens (primary N) is 1. The van der Waals surface area contributed by atoms with E-state index in [-0.39, 0.29) is 17.6 Å². The van der Waals surface area contributed by atoms with Gasteiger partial charge in [0.05, 0.1) is 6.04 Å². The van der Waals surface area contributed by atoms with Gasteiger partial charge in [0.1, 0.15) is 5.01 Å². The lowest BCUT2D eigenvalue weighted by Crippen LogP contribution is -2.26. The summed E-state index contributed by atoms with van der Waals surface area (Å²) in [7, 11) is 0. The lowest BCUT2D eigenvalue weighted by molar-refractivity contribution is -0.121. The minimum Gasteiger partial charge on any atom is -0.476 e. The van der Waals surface area contributed by atoms with Crippen molar-refractivity contribution in [2.75, 3.05) is 6.54 Å². The smallest absolute Gasteiger partial charge is 0.355 e. The summed E-state index contributed by atoms with van der Waals surface area (Å²) in [5, 5.41) is 13.5. The molecule has 4 N–H and O–H groups in total. The zero-order valence-electron chi connectivity index (χ0n) is 9.47. The minimum atomic E-state index is -1.06. The maximum atomic E-state index is 11.4. The van der Waals surface area contributed by atoms with Crippen molar-refractivity contribution in [2.45, 2.75) is 25.8 Å². The topological polar surface area (TPSA) is 105 Å². The summed E-state index contributed by atoms with van der Waals surface area (Å²) in [6.07, 6.45) is 1.01. The van der Waals surface area contributed by atoms with Crippen molar-refractivity contribution in [3.63, 3.8) is 0 Å². The Morgan fingerprint density at radius 1 is 1.65 bits per heavy atom. The van der Waals surface area contributed by atoms with Crippen molar-refractivity contribution in [2.24, 2.45) is 5.73 Å². The maximum Gasteiger partial charge on any atom is 0.355 e. The van der Waals surface area contributed by atoms with E-state index in [1.54, 1.807) is 6.92 Å². The van der Waals surface area contributed by atoms with Gasteiger partial charge in [-0.3, -0.25) is 4.79 Å². The first-order valence-electron chi connectivity index (χ1n) is 5.22. The number of thiazole rings is 1. The second kappa shape index (κ2) is 6.31. The number of carboxylic acid groups (broad SMARTS) is 1.